The molecule has 27 heavy (non-hydrogen) atoms. The highest BCUT2D eigenvalue weighted by Crippen LogP contribution is 2.35. The Hall–Kier alpha value is -0.850. The minimum Gasteiger partial charge on any atom is -0.481 e. The van der Waals surface area contributed by atoms with Crippen LogP contribution in [-0.4, -0.2) is 35.6 Å². The van der Waals surface area contributed by atoms with Gasteiger partial charge in [0, 0.05) is 28.4 Å². The van der Waals surface area contributed by atoms with Crippen molar-refractivity contribution in [3.63, 3.8) is 0 Å². The lowest BCUT2D eigenvalue weighted by atomic mass is 9.98. The lowest BCUT2D eigenvalue weighted by Gasteiger charge is -2.30. The second-order valence-electron chi connectivity index (χ2n) is 6.75. The molecule has 3 rings (SSSR count). The standard InChI is InChI=1S/C20H25NO2S2.2ClH/c1-14-7-11-24-18(14)17(19-15(2)8-12-25-19)6-4-10-21-9-3-5-16(13-21)20(22)23;;/h6-8,11-12,16H,3-5,9-10,13H2,1-2H3,(H,22,23);2*1H/t16-;;/m1../s1. The number of likely N-dealkylation sites (tertiary alicyclic amines) is 1. The second kappa shape index (κ2) is 11.2. The van der Waals surface area contributed by atoms with Gasteiger partial charge in [0.05, 0.1) is 5.92 Å². The first kappa shape index (κ1) is 24.2. The van der Waals surface area contributed by atoms with Gasteiger partial charge in [0.25, 0.3) is 0 Å². The predicted octanol–water partition coefficient (Wildman–Crippen LogP) is 5.89. The summed E-state index contributed by atoms with van der Waals surface area (Å²) >= 11 is 3.60. The molecule has 0 aliphatic carbocycles. The van der Waals surface area contributed by atoms with Crippen LogP contribution in [0.5, 0.6) is 0 Å². The molecule has 1 fully saturated rings. The summed E-state index contributed by atoms with van der Waals surface area (Å²) in [6, 6.07) is 4.36. The van der Waals surface area contributed by atoms with Crippen LogP contribution in [0.2, 0.25) is 0 Å². The highest BCUT2D eigenvalue weighted by molar-refractivity contribution is 7.14. The molecule has 0 radical (unpaired) electrons. The zero-order valence-electron chi connectivity index (χ0n) is 15.6. The summed E-state index contributed by atoms with van der Waals surface area (Å²) in [4.78, 5) is 16.2. The number of rotatable bonds is 6. The van der Waals surface area contributed by atoms with Crippen LogP contribution in [0.25, 0.3) is 5.57 Å². The van der Waals surface area contributed by atoms with E-state index in [0.29, 0.717) is 6.54 Å². The van der Waals surface area contributed by atoms with Crippen molar-refractivity contribution in [2.45, 2.75) is 33.1 Å². The largest absolute Gasteiger partial charge is 0.481 e. The Kier molecular flexibility index (Phi) is 10.1. The third kappa shape index (κ3) is 6.06. The number of carbonyl (C=O) groups is 1. The summed E-state index contributed by atoms with van der Waals surface area (Å²) in [6.07, 6.45) is 5.11. The lowest BCUT2D eigenvalue weighted by Crippen LogP contribution is -2.39. The van der Waals surface area contributed by atoms with Gasteiger partial charge in [0.1, 0.15) is 0 Å². The van der Waals surface area contributed by atoms with Crippen molar-refractivity contribution in [2.24, 2.45) is 5.92 Å². The summed E-state index contributed by atoms with van der Waals surface area (Å²) in [6.45, 7) is 6.98. The number of hydrogen-bond acceptors (Lipinski definition) is 4. The molecule has 0 bridgehead atoms. The van der Waals surface area contributed by atoms with Crippen LogP contribution in [0.3, 0.4) is 0 Å². The smallest absolute Gasteiger partial charge is 0.307 e. The van der Waals surface area contributed by atoms with Crippen molar-refractivity contribution in [3.8, 4) is 0 Å². The third-order valence-corrected chi connectivity index (χ3v) is 6.96. The predicted molar refractivity (Wildman–Crippen MR) is 121 cm³/mol. The molecule has 150 valence electrons. The zero-order valence-corrected chi connectivity index (χ0v) is 18.9. The van der Waals surface area contributed by atoms with E-state index in [2.05, 4.69) is 47.7 Å². The maximum atomic E-state index is 11.2. The highest BCUT2D eigenvalue weighted by Gasteiger charge is 2.24. The van der Waals surface area contributed by atoms with E-state index in [1.807, 2.05) is 0 Å². The molecule has 3 nitrogen and oxygen atoms in total. The maximum absolute atomic E-state index is 11.2. The summed E-state index contributed by atoms with van der Waals surface area (Å²) in [5.74, 6) is -0.847. The molecule has 1 aliphatic heterocycles. The molecule has 0 amide bonds. The summed E-state index contributed by atoms with van der Waals surface area (Å²) in [7, 11) is 0. The van der Waals surface area contributed by atoms with Gasteiger partial charge in [0.2, 0.25) is 0 Å². The summed E-state index contributed by atoms with van der Waals surface area (Å²) in [5, 5.41) is 13.6. The Labute approximate surface area is 181 Å². The Bertz CT molecular complexity index is 727. The Morgan fingerprint density at radius 3 is 2.26 bits per heavy atom. The van der Waals surface area contributed by atoms with Crippen molar-refractivity contribution >= 4 is 59.0 Å². The normalized spacial score (nSPS) is 16.9. The zero-order chi connectivity index (χ0) is 17.8. The van der Waals surface area contributed by atoms with E-state index < -0.39 is 5.97 Å². The minimum atomic E-state index is -0.649. The van der Waals surface area contributed by atoms with Crippen LogP contribution in [0.4, 0.5) is 0 Å². The molecule has 0 unspecified atom stereocenters. The van der Waals surface area contributed by atoms with E-state index in [4.69, 9.17) is 0 Å². The van der Waals surface area contributed by atoms with Crippen LogP contribution in [0, 0.1) is 19.8 Å². The molecule has 0 spiro atoms. The quantitative estimate of drug-likeness (QED) is 0.599. The molecule has 2 aromatic rings. The molecule has 2 aromatic heterocycles. The van der Waals surface area contributed by atoms with Crippen molar-refractivity contribution < 1.29 is 9.90 Å². The average molecular weight is 448 g/mol. The van der Waals surface area contributed by atoms with Gasteiger partial charge < -0.3 is 10.0 Å². The fourth-order valence-corrected chi connectivity index (χ4v) is 5.45. The summed E-state index contributed by atoms with van der Waals surface area (Å²) < 4.78 is 0. The maximum Gasteiger partial charge on any atom is 0.307 e. The van der Waals surface area contributed by atoms with Crippen molar-refractivity contribution in [1.29, 1.82) is 0 Å². The number of carboxylic acids is 1. The number of nitrogens with zero attached hydrogens (tertiary/aromatic N) is 1. The number of hydrogen-bond donors (Lipinski definition) is 1. The van der Waals surface area contributed by atoms with Crippen LogP contribution >= 0.6 is 47.5 Å². The number of halogens is 2. The first-order chi connectivity index (χ1) is 12.1. The fourth-order valence-electron chi connectivity index (χ4n) is 3.44. The van der Waals surface area contributed by atoms with Crippen LogP contribution in [0.15, 0.2) is 29.0 Å². The Morgan fingerprint density at radius 1 is 1.19 bits per heavy atom. The SMILES string of the molecule is Cc1ccsc1C(=CCCN1CCC[C@@H](C(=O)O)C1)c1sccc1C.Cl.Cl. The monoisotopic (exact) mass is 447 g/mol. The van der Waals surface area contributed by atoms with E-state index in [0.717, 1.165) is 32.4 Å². The molecule has 1 N–H and O–H groups in total. The second-order valence-corrected chi connectivity index (χ2v) is 8.58. The van der Waals surface area contributed by atoms with E-state index in [-0.39, 0.29) is 30.7 Å². The molecule has 1 aliphatic rings. The Morgan fingerprint density at radius 2 is 1.78 bits per heavy atom. The first-order valence-corrected chi connectivity index (χ1v) is 10.6. The Balaban J connectivity index is 0.00000182. The van der Waals surface area contributed by atoms with Gasteiger partial charge >= 0.3 is 5.97 Å². The topological polar surface area (TPSA) is 40.5 Å². The number of carboxylic acid groups (broad SMARTS) is 1. The highest BCUT2D eigenvalue weighted by atomic mass is 35.5. The van der Waals surface area contributed by atoms with Crippen molar-refractivity contribution in [3.05, 3.63) is 49.9 Å². The van der Waals surface area contributed by atoms with Crippen molar-refractivity contribution in [2.75, 3.05) is 19.6 Å². The molecule has 1 saturated heterocycles. The van der Waals surface area contributed by atoms with Gasteiger partial charge in [-0.3, -0.25) is 4.79 Å². The fraction of sp³-hybridized carbons (Fsp3) is 0.450. The first-order valence-electron chi connectivity index (χ1n) is 8.80. The minimum absolute atomic E-state index is 0. The van der Waals surface area contributed by atoms with Gasteiger partial charge in [-0.15, -0.1) is 47.5 Å². The lowest BCUT2D eigenvalue weighted by molar-refractivity contribution is -0.143. The van der Waals surface area contributed by atoms with E-state index in [1.54, 1.807) is 22.7 Å². The van der Waals surface area contributed by atoms with Gasteiger partial charge in [-0.1, -0.05) is 6.08 Å². The van der Waals surface area contributed by atoms with Crippen LogP contribution < -0.4 is 0 Å². The van der Waals surface area contributed by atoms with E-state index in [1.165, 1.54) is 26.5 Å². The molecular formula is C20H27Cl2NO2S2. The van der Waals surface area contributed by atoms with E-state index in [9.17, 15) is 9.90 Å². The van der Waals surface area contributed by atoms with Crippen LogP contribution in [-0.2, 0) is 4.79 Å². The number of aliphatic carboxylic acids is 1. The van der Waals surface area contributed by atoms with Crippen LogP contribution in [0.1, 0.15) is 40.1 Å². The molecule has 1 atom stereocenters. The summed E-state index contributed by atoms with van der Waals surface area (Å²) in [5.41, 5.74) is 3.99. The van der Waals surface area contributed by atoms with Crippen molar-refractivity contribution in [1.82, 2.24) is 4.90 Å². The molecule has 0 aromatic carbocycles. The van der Waals surface area contributed by atoms with Gasteiger partial charge in [0.15, 0.2) is 0 Å². The number of aryl methyl sites for hydroxylation is 2. The van der Waals surface area contributed by atoms with Gasteiger partial charge in [-0.05, 0) is 73.7 Å². The molecular weight excluding hydrogens is 421 g/mol. The average Bonchev–Trinajstić information content (AvgIpc) is 3.21. The van der Waals surface area contributed by atoms with Gasteiger partial charge in [-0.2, -0.15) is 0 Å². The number of thiophene rings is 2. The third-order valence-electron chi connectivity index (χ3n) is 4.86. The number of piperidine rings is 1. The molecule has 3 heterocycles. The molecule has 7 heteroatoms. The van der Waals surface area contributed by atoms with Gasteiger partial charge in [-0.25, -0.2) is 0 Å². The molecule has 0 saturated carbocycles. The van der Waals surface area contributed by atoms with E-state index >= 15 is 0 Å².